The summed E-state index contributed by atoms with van der Waals surface area (Å²) in [7, 11) is 0. The summed E-state index contributed by atoms with van der Waals surface area (Å²) in [4.78, 5) is 2.56. The first-order chi connectivity index (χ1) is 9.04. The van der Waals surface area contributed by atoms with E-state index < -0.39 is 0 Å². The van der Waals surface area contributed by atoms with Crippen LogP contribution in [0.1, 0.15) is 45.6 Å². The van der Waals surface area contributed by atoms with Gasteiger partial charge in [-0.25, -0.2) is 0 Å². The highest BCUT2D eigenvalue weighted by Gasteiger charge is 2.38. The van der Waals surface area contributed by atoms with Gasteiger partial charge in [-0.1, -0.05) is 44.2 Å². The fourth-order valence-corrected chi connectivity index (χ4v) is 3.41. The normalized spacial score (nSPS) is 21.5. The van der Waals surface area contributed by atoms with Gasteiger partial charge in [-0.3, -0.25) is 4.90 Å². The van der Waals surface area contributed by atoms with Crippen molar-refractivity contribution in [2.45, 2.75) is 51.6 Å². The number of rotatable bonds is 5. The van der Waals surface area contributed by atoms with E-state index >= 15 is 0 Å². The van der Waals surface area contributed by atoms with Crippen LogP contribution in [0.15, 0.2) is 30.3 Å². The highest BCUT2D eigenvalue weighted by molar-refractivity contribution is 5.26. The monoisotopic (exact) mass is 260 g/mol. The summed E-state index contributed by atoms with van der Waals surface area (Å²) in [5.41, 5.74) is 7.95. The molecule has 2 atom stereocenters. The Bertz CT molecular complexity index is 382. The number of benzene rings is 1. The maximum Gasteiger partial charge on any atom is 0.0567 e. The molecule has 2 unspecified atom stereocenters. The Morgan fingerprint density at radius 1 is 1.11 bits per heavy atom. The summed E-state index contributed by atoms with van der Waals surface area (Å²) in [6.07, 6.45) is 3.67. The minimum absolute atomic E-state index is 0.236. The number of hydrogen-bond acceptors (Lipinski definition) is 2. The van der Waals surface area contributed by atoms with E-state index in [0.717, 1.165) is 6.42 Å². The van der Waals surface area contributed by atoms with Crippen LogP contribution in [0.4, 0.5) is 0 Å². The molecule has 2 nitrogen and oxygen atoms in total. The third-order valence-electron chi connectivity index (χ3n) is 4.49. The average Bonchev–Trinajstić information content (AvgIpc) is 2.91. The van der Waals surface area contributed by atoms with Gasteiger partial charge < -0.3 is 5.73 Å². The van der Waals surface area contributed by atoms with Crippen LogP contribution < -0.4 is 5.73 Å². The van der Waals surface area contributed by atoms with Gasteiger partial charge in [0.1, 0.15) is 0 Å². The van der Waals surface area contributed by atoms with Crippen molar-refractivity contribution in [2.75, 3.05) is 13.1 Å². The lowest BCUT2D eigenvalue weighted by atomic mass is 9.77. The van der Waals surface area contributed by atoms with Crippen LogP contribution in [-0.2, 0) is 5.54 Å². The molecule has 1 aliphatic rings. The second-order valence-corrected chi connectivity index (χ2v) is 6.42. The van der Waals surface area contributed by atoms with Gasteiger partial charge in [0.05, 0.1) is 5.54 Å². The van der Waals surface area contributed by atoms with Gasteiger partial charge in [-0.15, -0.1) is 0 Å². The largest absolute Gasteiger partial charge is 0.320 e. The predicted molar refractivity (Wildman–Crippen MR) is 82.0 cm³/mol. The van der Waals surface area contributed by atoms with Gasteiger partial charge in [-0.2, -0.15) is 0 Å². The van der Waals surface area contributed by atoms with Crippen LogP contribution in [0.3, 0.4) is 0 Å². The van der Waals surface area contributed by atoms with Crippen molar-refractivity contribution in [3.05, 3.63) is 35.9 Å². The first-order valence-corrected chi connectivity index (χ1v) is 7.62. The molecule has 1 aliphatic heterocycles. The molecule has 2 rings (SSSR count). The minimum Gasteiger partial charge on any atom is -0.320 e. The molecule has 0 radical (unpaired) electrons. The Morgan fingerprint density at radius 2 is 1.68 bits per heavy atom. The van der Waals surface area contributed by atoms with Gasteiger partial charge in [0.15, 0.2) is 0 Å². The summed E-state index contributed by atoms with van der Waals surface area (Å²) < 4.78 is 0. The Hall–Kier alpha value is -0.860. The molecule has 1 aromatic rings. The standard InChI is InChI=1S/C17H28N2/c1-14(2)13-17(18,16-9-5-4-6-10-16)15(3)19-11-7-8-12-19/h4-6,9-10,14-15H,7-8,11-13,18H2,1-3H3. The average molecular weight is 260 g/mol. The van der Waals surface area contributed by atoms with Gasteiger partial charge in [0.2, 0.25) is 0 Å². The number of nitrogens with two attached hydrogens (primary N) is 1. The van der Waals surface area contributed by atoms with Crippen molar-refractivity contribution in [3.63, 3.8) is 0 Å². The van der Waals surface area contributed by atoms with Crippen molar-refractivity contribution >= 4 is 0 Å². The summed E-state index contributed by atoms with van der Waals surface area (Å²) >= 11 is 0. The second-order valence-electron chi connectivity index (χ2n) is 6.42. The fraction of sp³-hybridized carbons (Fsp3) is 0.647. The molecular weight excluding hydrogens is 232 g/mol. The van der Waals surface area contributed by atoms with Crippen LogP contribution in [-0.4, -0.2) is 24.0 Å². The van der Waals surface area contributed by atoms with Crippen LogP contribution in [0, 0.1) is 5.92 Å². The van der Waals surface area contributed by atoms with Crippen molar-refractivity contribution in [2.24, 2.45) is 11.7 Å². The lowest BCUT2D eigenvalue weighted by Crippen LogP contribution is -2.54. The molecule has 1 heterocycles. The van der Waals surface area contributed by atoms with Crippen LogP contribution in [0.25, 0.3) is 0 Å². The van der Waals surface area contributed by atoms with Crippen LogP contribution in [0.5, 0.6) is 0 Å². The summed E-state index contributed by atoms with van der Waals surface area (Å²) in [6, 6.07) is 11.1. The van der Waals surface area contributed by atoms with E-state index in [1.54, 1.807) is 0 Å². The zero-order valence-corrected chi connectivity index (χ0v) is 12.6. The summed E-state index contributed by atoms with van der Waals surface area (Å²) in [6.45, 7) is 9.24. The molecule has 1 aromatic carbocycles. The van der Waals surface area contributed by atoms with Crippen molar-refractivity contribution < 1.29 is 0 Å². The molecule has 0 amide bonds. The van der Waals surface area contributed by atoms with E-state index in [9.17, 15) is 0 Å². The molecule has 0 aliphatic carbocycles. The molecule has 0 aromatic heterocycles. The second kappa shape index (κ2) is 6.06. The van der Waals surface area contributed by atoms with Crippen LogP contribution in [0.2, 0.25) is 0 Å². The third-order valence-corrected chi connectivity index (χ3v) is 4.49. The number of hydrogen-bond donors (Lipinski definition) is 1. The predicted octanol–water partition coefficient (Wildman–Crippen LogP) is 3.37. The minimum atomic E-state index is -0.236. The SMILES string of the molecule is CC(C)CC(N)(c1ccccc1)C(C)N1CCCC1. The molecule has 0 saturated carbocycles. The molecule has 2 N–H and O–H groups in total. The third kappa shape index (κ3) is 3.18. The van der Waals surface area contributed by atoms with E-state index in [1.807, 2.05) is 0 Å². The van der Waals surface area contributed by atoms with E-state index in [0.29, 0.717) is 12.0 Å². The van der Waals surface area contributed by atoms with E-state index in [-0.39, 0.29) is 5.54 Å². The van der Waals surface area contributed by atoms with Crippen LogP contribution >= 0.6 is 0 Å². The zero-order chi connectivity index (χ0) is 13.9. The Kier molecular flexibility index (Phi) is 4.64. The van der Waals surface area contributed by atoms with Crippen molar-refractivity contribution in [3.8, 4) is 0 Å². The molecule has 19 heavy (non-hydrogen) atoms. The molecule has 1 saturated heterocycles. The van der Waals surface area contributed by atoms with Crippen molar-refractivity contribution in [1.29, 1.82) is 0 Å². The smallest absolute Gasteiger partial charge is 0.0567 e. The molecule has 1 fully saturated rings. The van der Waals surface area contributed by atoms with Gasteiger partial charge >= 0.3 is 0 Å². The van der Waals surface area contributed by atoms with Gasteiger partial charge in [0.25, 0.3) is 0 Å². The molecule has 106 valence electrons. The Labute approximate surface area is 118 Å². The van der Waals surface area contributed by atoms with Gasteiger partial charge in [-0.05, 0) is 50.8 Å². The maximum atomic E-state index is 6.90. The van der Waals surface area contributed by atoms with Gasteiger partial charge in [0, 0.05) is 6.04 Å². The quantitative estimate of drug-likeness (QED) is 0.879. The first-order valence-electron chi connectivity index (χ1n) is 7.62. The summed E-state index contributed by atoms with van der Waals surface area (Å²) in [5, 5.41) is 0. The fourth-order valence-electron chi connectivity index (χ4n) is 3.41. The Balaban J connectivity index is 2.28. The molecular formula is C17H28N2. The highest BCUT2D eigenvalue weighted by Crippen LogP contribution is 2.33. The number of nitrogens with zero attached hydrogens (tertiary/aromatic N) is 1. The Morgan fingerprint density at radius 3 is 2.21 bits per heavy atom. The lowest BCUT2D eigenvalue weighted by molar-refractivity contribution is 0.140. The zero-order valence-electron chi connectivity index (χ0n) is 12.6. The number of likely N-dealkylation sites (tertiary alicyclic amines) is 1. The topological polar surface area (TPSA) is 29.3 Å². The maximum absolute atomic E-state index is 6.90. The highest BCUT2D eigenvalue weighted by atomic mass is 15.2. The summed E-state index contributed by atoms with van der Waals surface area (Å²) in [5.74, 6) is 0.607. The van der Waals surface area contributed by atoms with Crippen molar-refractivity contribution in [1.82, 2.24) is 4.90 Å². The molecule has 0 bridgehead atoms. The molecule has 0 spiro atoms. The van der Waals surface area contributed by atoms with E-state index in [4.69, 9.17) is 5.73 Å². The molecule has 2 heteroatoms. The first kappa shape index (κ1) is 14.5. The van der Waals surface area contributed by atoms with E-state index in [2.05, 4.69) is 56.0 Å². The lowest BCUT2D eigenvalue weighted by Gasteiger charge is -2.42. The van der Waals surface area contributed by atoms with E-state index in [1.165, 1.54) is 31.5 Å².